The molecule has 0 atom stereocenters. The minimum atomic E-state index is 0.0748. The smallest absolute Gasteiger partial charge is 0.239 e. The molecule has 7 heteroatoms. The first-order valence-corrected chi connectivity index (χ1v) is 10.9. The molecule has 3 rings (SSSR count). The molecule has 1 fully saturated rings. The second-order valence-corrected chi connectivity index (χ2v) is 7.54. The number of carbonyl (C=O) groups is 1. The minimum Gasteiger partial charge on any atom is -0.494 e. The highest BCUT2D eigenvalue weighted by Gasteiger charge is 2.16. The van der Waals surface area contributed by atoms with Gasteiger partial charge in [-0.3, -0.25) is 4.79 Å². The summed E-state index contributed by atoms with van der Waals surface area (Å²) in [5, 5.41) is 6.23. The molecule has 0 unspecified atom stereocenters. The summed E-state index contributed by atoms with van der Waals surface area (Å²) in [5.41, 5.74) is 3.41. The van der Waals surface area contributed by atoms with Gasteiger partial charge in [-0.1, -0.05) is 24.3 Å². The Morgan fingerprint density at radius 1 is 1.13 bits per heavy atom. The van der Waals surface area contributed by atoms with Crippen LogP contribution in [-0.4, -0.2) is 56.6 Å². The third kappa shape index (κ3) is 6.64. The van der Waals surface area contributed by atoms with Crippen LogP contribution in [0.4, 0.5) is 5.69 Å². The quantitative estimate of drug-likeness (QED) is 0.505. The van der Waals surface area contributed by atoms with E-state index >= 15 is 0 Å². The van der Waals surface area contributed by atoms with Crippen LogP contribution in [0.15, 0.2) is 53.5 Å². The highest BCUT2D eigenvalue weighted by atomic mass is 16.5. The summed E-state index contributed by atoms with van der Waals surface area (Å²) in [5.74, 6) is 1.84. The summed E-state index contributed by atoms with van der Waals surface area (Å²) in [7, 11) is 2.04. The van der Waals surface area contributed by atoms with Crippen molar-refractivity contribution in [2.24, 2.45) is 4.99 Å². The van der Waals surface area contributed by atoms with Crippen LogP contribution >= 0.6 is 0 Å². The molecule has 0 aliphatic carbocycles. The van der Waals surface area contributed by atoms with Crippen molar-refractivity contribution < 1.29 is 9.53 Å². The average Bonchev–Trinajstić information content (AvgIpc) is 2.78. The Hall–Kier alpha value is -3.22. The van der Waals surface area contributed by atoms with Crippen molar-refractivity contribution in [3.8, 4) is 5.75 Å². The van der Waals surface area contributed by atoms with E-state index in [9.17, 15) is 4.79 Å². The molecule has 166 valence electrons. The summed E-state index contributed by atoms with van der Waals surface area (Å²) in [6.45, 7) is 8.84. The Morgan fingerprint density at radius 3 is 2.48 bits per heavy atom. The summed E-state index contributed by atoms with van der Waals surface area (Å²) >= 11 is 0. The number of piperazine rings is 1. The summed E-state index contributed by atoms with van der Waals surface area (Å²) in [6.07, 6.45) is 0. The van der Waals surface area contributed by atoms with Gasteiger partial charge in [-0.25, -0.2) is 4.99 Å². The number of guanidine groups is 1. The number of anilines is 1. The lowest BCUT2D eigenvalue weighted by Gasteiger charge is -2.28. The molecule has 2 aromatic carbocycles. The summed E-state index contributed by atoms with van der Waals surface area (Å²) < 4.78 is 5.52. The van der Waals surface area contributed by atoms with Gasteiger partial charge in [0.05, 0.1) is 19.7 Å². The molecule has 0 saturated carbocycles. The van der Waals surface area contributed by atoms with Crippen LogP contribution < -0.4 is 20.3 Å². The Morgan fingerprint density at radius 2 is 1.84 bits per heavy atom. The largest absolute Gasteiger partial charge is 0.494 e. The molecular formula is C24H33N5O2. The third-order valence-electron chi connectivity index (χ3n) is 5.10. The van der Waals surface area contributed by atoms with Gasteiger partial charge >= 0.3 is 0 Å². The average molecular weight is 424 g/mol. The van der Waals surface area contributed by atoms with E-state index in [1.165, 1.54) is 5.56 Å². The lowest BCUT2D eigenvalue weighted by Crippen LogP contribution is -2.47. The van der Waals surface area contributed by atoms with Crippen molar-refractivity contribution in [2.75, 3.05) is 44.7 Å². The number of hydrogen-bond acceptors (Lipinski definition) is 4. The fourth-order valence-corrected chi connectivity index (χ4v) is 3.51. The number of nitrogens with zero attached hydrogens (tertiary/aromatic N) is 3. The molecule has 0 bridgehead atoms. The Bertz CT molecular complexity index is 865. The first-order chi connectivity index (χ1) is 15.1. The van der Waals surface area contributed by atoms with Crippen LogP contribution in [0.2, 0.25) is 0 Å². The molecule has 2 aromatic rings. The van der Waals surface area contributed by atoms with Crippen molar-refractivity contribution in [2.45, 2.75) is 26.9 Å². The van der Waals surface area contributed by atoms with Gasteiger partial charge in [0.1, 0.15) is 5.75 Å². The second kappa shape index (κ2) is 11.2. The Balaban J connectivity index is 1.61. The zero-order valence-corrected chi connectivity index (χ0v) is 18.7. The van der Waals surface area contributed by atoms with Crippen LogP contribution in [0.25, 0.3) is 0 Å². The van der Waals surface area contributed by atoms with Gasteiger partial charge in [-0.15, -0.1) is 0 Å². The number of hydrogen-bond donors (Lipinski definition) is 2. The highest BCUT2D eigenvalue weighted by Crippen LogP contribution is 2.17. The van der Waals surface area contributed by atoms with Gasteiger partial charge in [0, 0.05) is 38.9 Å². The molecule has 2 N–H and O–H groups in total. The number of carbonyl (C=O) groups excluding carboxylic acids is 1. The van der Waals surface area contributed by atoms with E-state index in [-0.39, 0.29) is 5.91 Å². The van der Waals surface area contributed by atoms with Crippen molar-refractivity contribution >= 4 is 17.6 Å². The van der Waals surface area contributed by atoms with Crippen molar-refractivity contribution in [1.29, 1.82) is 0 Å². The topological polar surface area (TPSA) is 69.2 Å². The van der Waals surface area contributed by atoms with Crippen molar-refractivity contribution in [1.82, 2.24) is 15.5 Å². The maximum atomic E-state index is 11.6. The first-order valence-electron chi connectivity index (χ1n) is 10.9. The molecule has 1 aliphatic heterocycles. The molecule has 1 amide bonds. The van der Waals surface area contributed by atoms with Gasteiger partial charge in [0.2, 0.25) is 5.91 Å². The lowest BCUT2D eigenvalue weighted by molar-refractivity contribution is -0.120. The molecule has 1 aliphatic rings. The zero-order chi connectivity index (χ0) is 22.1. The van der Waals surface area contributed by atoms with Crippen LogP contribution in [0, 0.1) is 0 Å². The van der Waals surface area contributed by atoms with E-state index in [0.29, 0.717) is 26.2 Å². The van der Waals surface area contributed by atoms with E-state index in [2.05, 4.69) is 63.8 Å². The predicted octanol–water partition coefficient (Wildman–Crippen LogP) is 2.62. The summed E-state index contributed by atoms with van der Waals surface area (Å²) in [6, 6.07) is 16.5. The molecule has 31 heavy (non-hydrogen) atoms. The number of amides is 1. The van der Waals surface area contributed by atoms with Crippen LogP contribution in [0.1, 0.15) is 25.0 Å². The maximum absolute atomic E-state index is 11.6. The molecule has 0 aromatic heterocycles. The van der Waals surface area contributed by atoms with E-state index in [1.807, 2.05) is 26.1 Å². The van der Waals surface area contributed by atoms with Gasteiger partial charge in [-0.2, -0.15) is 0 Å². The number of aliphatic imine (C=N–C) groups is 1. The molecule has 1 heterocycles. The summed E-state index contributed by atoms with van der Waals surface area (Å²) in [4.78, 5) is 20.6. The van der Waals surface area contributed by atoms with Gasteiger partial charge in [0.15, 0.2) is 5.96 Å². The zero-order valence-electron chi connectivity index (χ0n) is 18.7. The van der Waals surface area contributed by atoms with Crippen LogP contribution in [0.3, 0.4) is 0 Å². The molecule has 0 spiro atoms. The lowest BCUT2D eigenvalue weighted by atomic mass is 10.2. The normalized spacial score (nSPS) is 14.2. The standard InChI is InChI=1S/C24H33N5O2/c1-4-25-24(28(3)17-20-8-12-22(13-9-20)31-5-2)27-16-19-6-10-21(11-7-19)29-15-14-26-23(30)18-29/h6-13H,4-5,14-18H2,1-3H3,(H,25,27)(H,26,30). The van der Waals surface area contributed by atoms with E-state index in [4.69, 9.17) is 9.73 Å². The van der Waals surface area contributed by atoms with Gasteiger partial charge < -0.3 is 25.2 Å². The number of rotatable bonds is 8. The Kier molecular flexibility index (Phi) is 8.15. The van der Waals surface area contributed by atoms with Crippen molar-refractivity contribution in [3.05, 3.63) is 59.7 Å². The second-order valence-electron chi connectivity index (χ2n) is 7.54. The van der Waals surface area contributed by atoms with Gasteiger partial charge in [0.25, 0.3) is 0 Å². The van der Waals surface area contributed by atoms with Crippen LogP contribution in [0.5, 0.6) is 5.75 Å². The van der Waals surface area contributed by atoms with E-state index in [1.54, 1.807) is 0 Å². The minimum absolute atomic E-state index is 0.0748. The van der Waals surface area contributed by atoms with Gasteiger partial charge in [-0.05, 0) is 49.2 Å². The van der Waals surface area contributed by atoms with E-state index < -0.39 is 0 Å². The number of nitrogens with one attached hydrogen (secondary N) is 2. The fourth-order valence-electron chi connectivity index (χ4n) is 3.51. The number of ether oxygens (including phenoxy) is 1. The van der Waals surface area contributed by atoms with E-state index in [0.717, 1.165) is 42.6 Å². The molecule has 0 radical (unpaired) electrons. The fraction of sp³-hybridized carbons (Fsp3) is 0.417. The molecule has 7 nitrogen and oxygen atoms in total. The van der Waals surface area contributed by atoms with Crippen molar-refractivity contribution in [3.63, 3.8) is 0 Å². The third-order valence-corrected chi connectivity index (χ3v) is 5.10. The predicted molar refractivity (Wildman–Crippen MR) is 126 cm³/mol. The molecular weight excluding hydrogens is 390 g/mol. The molecule has 1 saturated heterocycles. The monoisotopic (exact) mass is 423 g/mol. The first kappa shape index (κ1) is 22.5. The van der Waals surface area contributed by atoms with Crippen LogP contribution in [-0.2, 0) is 17.9 Å². The number of benzene rings is 2. The Labute approximate surface area is 185 Å². The maximum Gasteiger partial charge on any atom is 0.239 e. The SMILES string of the molecule is CCNC(=NCc1ccc(N2CCNC(=O)C2)cc1)N(C)Cc1ccc(OCC)cc1. The highest BCUT2D eigenvalue weighted by molar-refractivity contribution is 5.82.